The van der Waals surface area contributed by atoms with Gasteiger partial charge < -0.3 is 19.7 Å². The highest BCUT2D eigenvalue weighted by Gasteiger charge is 2.43. The van der Waals surface area contributed by atoms with E-state index in [-0.39, 0.29) is 12.3 Å². The van der Waals surface area contributed by atoms with Gasteiger partial charge in [0.15, 0.2) is 5.17 Å². The first kappa shape index (κ1) is 22.1. The lowest BCUT2D eigenvalue weighted by molar-refractivity contribution is -0.136. The number of methoxy groups -OCH3 is 2. The number of nitrogens with zero attached hydrogens (tertiary/aromatic N) is 2. The van der Waals surface area contributed by atoms with Crippen LogP contribution in [0.2, 0.25) is 0 Å². The molecule has 5 rings (SSSR count). The van der Waals surface area contributed by atoms with Crippen molar-refractivity contribution in [2.75, 3.05) is 14.2 Å². The van der Waals surface area contributed by atoms with Crippen molar-refractivity contribution in [3.05, 3.63) is 52.2 Å². The molecule has 174 valence electrons. The van der Waals surface area contributed by atoms with E-state index in [2.05, 4.69) is 10.3 Å². The number of nitrogens with one attached hydrogen (secondary N) is 1. The van der Waals surface area contributed by atoms with Crippen molar-refractivity contribution in [1.29, 1.82) is 0 Å². The highest BCUT2D eigenvalue weighted by atomic mass is 32.2. The fourth-order valence-electron chi connectivity index (χ4n) is 5.71. The Morgan fingerprint density at radius 3 is 2.79 bits per heavy atom. The number of hydrogen-bond acceptors (Lipinski definition) is 7. The molecule has 0 spiro atoms. The fraction of sp³-hybridized carbons (Fsp3) is 0.480. The first-order valence-corrected chi connectivity index (χ1v) is 12.3. The normalized spacial score (nSPS) is 27.8. The quantitative estimate of drug-likeness (QED) is 0.634. The number of fused-ring (bicyclic) bond motifs is 3. The van der Waals surface area contributed by atoms with E-state index in [1.165, 1.54) is 38.1 Å². The SMILES string of the molecule is COC(=O)C1=C(C)N=C2SC=C(CC(=O)N[C@@H]3C[C@H]4CC[C@H]3C4)N2[C@@H]1c1cccc(OC)c1. The minimum absolute atomic E-state index is 0.0240. The van der Waals surface area contributed by atoms with E-state index < -0.39 is 12.0 Å². The number of aliphatic imine (C=N–C) groups is 1. The molecule has 2 heterocycles. The molecule has 8 heteroatoms. The van der Waals surface area contributed by atoms with Crippen molar-refractivity contribution in [2.24, 2.45) is 16.8 Å². The lowest BCUT2D eigenvalue weighted by Gasteiger charge is -2.36. The van der Waals surface area contributed by atoms with Crippen LogP contribution in [-0.4, -0.2) is 42.2 Å². The largest absolute Gasteiger partial charge is 0.497 e. The summed E-state index contributed by atoms with van der Waals surface area (Å²) in [5.74, 6) is 1.70. The monoisotopic (exact) mass is 467 g/mol. The molecule has 1 aromatic carbocycles. The van der Waals surface area contributed by atoms with Crippen molar-refractivity contribution < 1.29 is 19.1 Å². The summed E-state index contributed by atoms with van der Waals surface area (Å²) in [6, 6.07) is 7.49. The number of rotatable bonds is 6. The molecule has 0 unspecified atom stereocenters. The molecule has 0 saturated heterocycles. The van der Waals surface area contributed by atoms with Gasteiger partial charge in [-0.05, 0) is 61.1 Å². The maximum Gasteiger partial charge on any atom is 0.338 e. The van der Waals surface area contributed by atoms with Crippen LogP contribution >= 0.6 is 11.8 Å². The maximum atomic E-state index is 13.0. The van der Waals surface area contributed by atoms with Gasteiger partial charge in [-0.25, -0.2) is 9.79 Å². The van der Waals surface area contributed by atoms with Gasteiger partial charge in [-0.15, -0.1) is 0 Å². The second-order valence-corrected chi connectivity index (χ2v) is 10.0. The number of thioether (sulfide) groups is 1. The van der Waals surface area contributed by atoms with Crippen LogP contribution in [0, 0.1) is 11.8 Å². The molecule has 2 fully saturated rings. The van der Waals surface area contributed by atoms with Crippen LogP contribution in [0.1, 0.15) is 50.6 Å². The molecule has 7 nitrogen and oxygen atoms in total. The molecule has 1 amide bonds. The van der Waals surface area contributed by atoms with Gasteiger partial charge >= 0.3 is 5.97 Å². The zero-order valence-electron chi connectivity index (χ0n) is 19.2. The Morgan fingerprint density at radius 2 is 2.09 bits per heavy atom. The molecule has 2 aliphatic heterocycles. The molecule has 2 aliphatic carbocycles. The molecule has 0 aromatic heterocycles. The predicted octanol–water partition coefficient (Wildman–Crippen LogP) is 4.14. The van der Waals surface area contributed by atoms with E-state index in [9.17, 15) is 9.59 Å². The molecular formula is C25H29N3O4S. The molecule has 1 aromatic rings. The van der Waals surface area contributed by atoms with Gasteiger partial charge in [0, 0.05) is 11.7 Å². The number of esters is 1. The van der Waals surface area contributed by atoms with Crippen LogP contribution in [0.4, 0.5) is 0 Å². The Hall–Kier alpha value is -2.74. The second-order valence-electron chi connectivity index (χ2n) is 9.19. The van der Waals surface area contributed by atoms with Crippen LogP contribution < -0.4 is 10.1 Å². The third-order valence-corrected chi connectivity index (χ3v) is 8.13. The molecule has 2 saturated carbocycles. The van der Waals surface area contributed by atoms with Gasteiger partial charge in [-0.2, -0.15) is 0 Å². The molecule has 33 heavy (non-hydrogen) atoms. The average Bonchev–Trinajstić information content (AvgIpc) is 3.54. The van der Waals surface area contributed by atoms with Crippen molar-refractivity contribution in [3.8, 4) is 5.75 Å². The number of amidine groups is 1. The van der Waals surface area contributed by atoms with Crippen LogP contribution in [0.15, 0.2) is 51.6 Å². The van der Waals surface area contributed by atoms with E-state index in [4.69, 9.17) is 9.47 Å². The Labute approximate surface area is 198 Å². The van der Waals surface area contributed by atoms with E-state index in [0.29, 0.717) is 29.0 Å². The topological polar surface area (TPSA) is 80.2 Å². The van der Waals surface area contributed by atoms with Crippen LogP contribution in [-0.2, 0) is 14.3 Å². The second kappa shape index (κ2) is 8.89. The van der Waals surface area contributed by atoms with Crippen LogP contribution in [0.25, 0.3) is 0 Å². The van der Waals surface area contributed by atoms with E-state index in [1.807, 2.05) is 41.5 Å². The minimum Gasteiger partial charge on any atom is -0.497 e. The Kier molecular flexibility index (Phi) is 5.95. The highest BCUT2D eigenvalue weighted by Crippen LogP contribution is 2.46. The zero-order valence-corrected chi connectivity index (χ0v) is 20.0. The van der Waals surface area contributed by atoms with Crippen molar-refractivity contribution >= 4 is 28.8 Å². The summed E-state index contributed by atoms with van der Waals surface area (Å²) in [6.07, 6.45) is 5.12. The van der Waals surface area contributed by atoms with Gasteiger partial charge in [0.25, 0.3) is 0 Å². The standard InChI is InChI=1S/C25H29N3O4S/c1-14-22(24(30)32-3)23(17-5-4-6-19(11-17)31-2)28-18(13-33-25(28)26-14)12-21(29)27-20-10-15-7-8-16(20)9-15/h4-6,11,13,15-16,20,23H,7-10,12H2,1-3H3,(H,27,29)/t15-,16-,20+,23+/m0/s1. The molecule has 0 radical (unpaired) electrons. The summed E-state index contributed by atoms with van der Waals surface area (Å²) < 4.78 is 10.6. The van der Waals surface area contributed by atoms with Gasteiger partial charge in [0.1, 0.15) is 5.75 Å². The van der Waals surface area contributed by atoms with Gasteiger partial charge in [0.2, 0.25) is 5.91 Å². The summed E-state index contributed by atoms with van der Waals surface area (Å²) in [5.41, 5.74) is 2.80. The van der Waals surface area contributed by atoms with Gasteiger partial charge in [-0.3, -0.25) is 4.79 Å². The summed E-state index contributed by atoms with van der Waals surface area (Å²) in [6.45, 7) is 1.82. The number of benzene rings is 1. The van der Waals surface area contributed by atoms with E-state index in [0.717, 1.165) is 28.8 Å². The molecule has 4 aliphatic rings. The summed E-state index contributed by atoms with van der Waals surface area (Å²) in [4.78, 5) is 32.5. The lowest BCUT2D eigenvalue weighted by atomic mass is 9.93. The van der Waals surface area contributed by atoms with Crippen molar-refractivity contribution in [2.45, 2.75) is 51.1 Å². The van der Waals surface area contributed by atoms with Gasteiger partial charge in [-0.1, -0.05) is 30.3 Å². The third kappa shape index (κ3) is 4.05. The Morgan fingerprint density at radius 1 is 1.24 bits per heavy atom. The van der Waals surface area contributed by atoms with Crippen molar-refractivity contribution in [1.82, 2.24) is 10.2 Å². The highest BCUT2D eigenvalue weighted by molar-refractivity contribution is 8.16. The zero-order chi connectivity index (χ0) is 23.1. The minimum atomic E-state index is -0.448. The van der Waals surface area contributed by atoms with Crippen LogP contribution in [0.5, 0.6) is 5.75 Å². The smallest absolute Gasteiger partial charge is 0.338 e. The van der Waals surface area contributed by atoms with Crippen LogP contribution in [0.3, 0.4) is 0 Å². The molecule has 1 N–H and O–H groups in total. The number of allylic oxidation sites excluding steroid dienone is 1. The molecule has 2 bridgehead atoms. The molecule has 4 atom stereocenters. The average molecular weight is 468 g/mol. The first-order valence-electron chi connectivity index (χ1n) is 11.4. The number of ether oxygens (including phenoxy) is 2. The third-order valence-electron chi connectivity index (χ3n) is 7.24. The first-order chi connectivity index (χ1) is 16.0. The summed E-state index contributed by atoms with van der Waals surface area (Å²) in [5, 5.41) is 6.01. The summed E-state index contributed by atoms with van der Waals surface area (Å²) in [7, 11) is 3.00. The van der Waals surface area contributed by atoms with E-state index >= 15 is 0 Å². The number of hydrogen-bond donors (Lipinski definition) is 1. The predicted molar refractivity (Wildman–Crippen MR) is 127 cm³/mol. The fourth-order valence-corrected chi connectivity index (χ4v) is 6.68. The lowest BCUT2D eigenvalue weighted by Crippen LogP contribution is -2.41. The van der Waals surface area contributed by atoms with E-state index in [1.54, 1.807) is 7.11 Å². The number of amides is 1. The summed E-state index contributed by atoms with van der Waals surface area (Å²) >= 11 is 1.48. The maximum absolute atomic E-state index is 13.0. The van der Waals surface area contributed by atoms with Gasteiger partial charge in [0.05, 0.1) is 38.0 Å². The number of carbonyl (C=O) groups is 2. The Balaban J connectivity index is 1.43. The Bertz CT molecular complexity index is 1080. The van der Waals surface area contributed by atoms with Crippen molar-refractivity contribution in [3.63, 3.8) is 0 Å². The number of carbonyl (C=O) groups excluding carboxylic acids is 2. The molecular weight excluding hydrogens is 438 g/mol.